The molecule has 7 nitrogen and oxygen atoms in total. The molecule has 2 aromatic rings. The van der Waals surface area contributed by atoms with E-state index in [-0.39, 0.29) is 12.0 Å². The number of tetrazole rings is 1. The minimum absolute atomic E-state index is 0.151. The monoisotopic (exact) mass is 273 g/mol. The number of nitrogens with one attached hydrogen (secondary N) is 2. The lowest BCUT2D eigenvalue weighted by atomic mass is 10.1. The molecule has 1 aromatic heterocycles. The SMILES string of the molecule is O=C(NOC1CCCC1)c1ccc(-c2nn[nH]n2)cc1. The molecular weight excluding hydrogens is 258 g/mol. The molecule has 1 heterocycles. The highest BCUT2D eigenvalue weighted by Crippen LogP contribution is 2.20. The number of amides is 1. The molecule has 0 unspecified atom stereocenters. The molecule has 3 rings (SSSR count). The predicted octanol–water partition coefficient (Wildman–Crippen LogP) is 1.47. The second kappa shape index (κ2) is 5.79. The van der Waals surface area contributed by atoms with E-state index < -0.39 is 0 Å². The second-order valence-corrected chi connectivity index (χ2v) is 4.77. The molecule has 0 radical (unpaired) electrons. The highest BCUT2D eigenvalue weighted by molar-refractivity contribution is 5.93. The lowest BCUT2D eigenvalue weighted by Gasteiger charge is -2.11. The fraction of sp³-hybridized carbons (Fsp3) is 0.385. The third-order valence-corrected chi connectivity index (χ3v) is 3.37. The first kappa shape index (κ1) is 12.7. The summed E-state index contributed by atoms with van der Waals surface area (Å²) < 4.78 is 0. The van der Waals surface area contributed by atoms with Gasteiger partial charge in [-0.25, -0.2) is 5.48 Å². The second-order valence-electron chi connectivity index (χ2n) is 4.77. The van der Waals surface area contributed by atoms with Crippen LogP contribution in [0.15, 0.2) is 24.3 Å². The lowest BCUT2D eigenvalue weighted by Crippen LogP contribution is -2.28. The van der Waals surface area contributed by atoms with E-state index in [9.17, 15) is 4.79 Å². The fourth-order valence-electron chi connectivity index (χ4n) is 2.26. The van der Waals surface area contributed by atoms with E-state index in [0.29, 0.717) is 11.4 Å². The Hall–Kier alpha value is -2.28. The van der Waals surface area contributed by atoms with Gasteiger partial charge in [0.15, 0.2) is 0 Å². The van der Waals surface area contributed by atoms with Crippen molar-refractivity contribution in [2.45, 2.75) is 31.8 Å². The summed E-state index contributed by atoms with van der Waals surface area (Å²) in [7, 11) is 0. The number of benzene rings is 1. The van der Waals surface area contributed by atoms with Gasteiger partial charge < -0.3 is 0 Å². The van der Waals surface area contributed by atoms with Crippen LogP contribution in [0.3, 0.4) is 0 Å². The third-order valence-electron chi connectivity index (χ3n) is 3.37. The Morgan fingerprint density at radius 2 is 2.00 bits per heavy atom. The Morgan fingerprint density at radius 1 is 1.25 bits per heavy atom. The molecule has 2 N–H and O–H groups in total. The summed E-state index contributed by atoms with van der Waals surface area (Å²) in [5.41, 5.74) is 3.84. The summed E-state index contributed by atoms with van der Waals surface area (Å²) in [5, 5.41) is 13.6. The van der Waals surface area contributed by atoms with Crippen LogP contribution in [0, 0.1) is 0 Å². The van der Waals surface area contributed by atoms with E-state index in [0.717, 1.165) is 18.4 Å². The number of carbonyl (C=O) groups is 1. The summed E-state index contributed by atoms with van der Waals surface area (Å²) in [6, 6.07) is 6.96. The minimum atomic E-state index is -0.239. The van der Waals surface area contributed by atoms with E-state index >= 15 is 0 Å². The van der Waals surface area contributed by atoms with Crippen molar-refractivity contribution in [3.05, 3.63) is 29.8 Å². The van der Waals surface area contributed by atoms with Crippen molar-refractivity contribution >= 4 is 5.91 Å². The normalized spacial score (nSPS) is 15.4. The molecule has 1 amide bonds. The summed E-state index contributed by atoms with van der Waals surface area (Å²) in [6.45, 7) is 0. The molecule has 1 fully saturated rings. The van der Waals surface area contributed by atoms with E-state index in [1.165, 1.54) is 12.8 Å². The first-order valence-corrected chi connectivity index (χ1v) is 6.63. The number of hydrogen-bond donors (Lipinski definition) is 2. The molecule has 0 atom stereocenters. The highest BCUT2D eigenvalue weighted by Gasteiger charge is 2.17. The summed E-state index contributed by atoms with van der Waals surface area (Å²) in [4.78, 5) is 17.3. The average Bonchev–Trinajstić information content (AvgIpc) is 3.18. The van der Waals surface area contributed by atoms with Crippen molar-refractivity contribution in [2.24, 2.45) is 0 Å². The zero-order chi connectivity index (χ0) is 13.8. The van der Waals surface area contributed by atoms with Crippen LogP contribution in [-0.4, -0.2) is 32.6 Å². The Kier molecular flexibility index (Phi) is 3.69. The molecule has 7 heteroatoms. The topological polar surface area (TPSA) is 92.8 Å². The van der Waals surface area contributed by atoms with Crippen LogP contribution >= 0.6 is 0 Å². The Bertz CT molecular complexity index is 561. The number of H-pyrrole nitrogens is 1. The van der Waals surface area contributed by atoms with Gasteiger partial charge in [-0.05, 0) is 30.2 Å². The van der Waals surface area contributed by atoms with Crippen molar-refractivity contribution in [1.29, 1.82) is 0 Å². The van der Waals surface area contributed by atoms with Crippen LogP contribution in [-0.2, 0) is 4.84 Å². The number of nitrogens with zero attached hydrogens (tertiary/aromatic N) is 3. The van der Waals surface area contributed by atoms with Gasteiger partial charge in [-0.3, -0.25) is 9.63 Å². The van der Waals surface area contributed by atoms with Crippen molar-refractivity contribution in [1.82, 2.24) is 26.1 Å². The first-order chi connectivity index (χ1) is 9.83. The van der Waals surface area contributed by atoms with E-state index in [4.69, 9.17) is 4.84 Å². The van der Waals surface area contributed by atoms with Crippen molar-refractivity contribution in [2.75, 3.05) is 0 Å². The molecule has 0 bridgehead atoms. The van der Waals surface area contributed by atoms with Gasteiger partial charge in [-0.15, -0.1) is 10.2 Å². The zero-order valence-electron chi connectivity index (χ0n) is 10.9. The smallest absolute Gasteiger partial charge is 0.270 e. The Balaban J connectivity index is 1.60. The van der Waals surface area contributed by atoms with Gasteiger partial charge in [-0.1, -0.05) is 25.0 Å². The lowest BCUT2D eigenvalue weighted by molar-refractivity contribution is -0.0124. The van der Waals surface area contributed by atoms with Gasteiger partial charge >= 0.3 is 0 Å². The summed E-state index contributed by atoms with van der Waals surface area (Å²) >= 11 is 0. The molecule has 0 saturated heterocycles. The van der Waals surface area contributed by atoms with Gasteiger partial charge in [-0.2, -0.15) is 5.21 Å². The maximum atomic E-state index is 11.9. The van der Waals surface area contributed by atoms with E-state index in [2.05, 4.69) is 26.1 Å². The van der Waals surface area contributed by atoms with Crippen molar-refractivity contribution < 1.29 is 9.63 Å². The number of aromatic nitrogens is 4. The van der Waals surface area contributed by atoms with Gasteiger partial charge in [0.05, 0.1) is 6.10 Å². The maximum absolute atomic E-state index is 11.9. The number of aromatic amines is 1. The molecule has 0 spiro atoms. The number of hydroxylamine groups is 1. The average molecular weight is 273 g/mol. The molecule has 1 aromatic carbocycles. The van der Waals surface area contributed by atoms with Crippen LogP contribution in [0.2, 0.25) is 0 Å². The quantitative estimate of drug-likeness (QED) is 0.823. The van der Waals surface area contributed by atoms with Crippen LogP contribution < -0.4 is 5.48 Å². The van der Waals surface area contributed by atoms with Crippen LogP contribution in [0.4, 0.5) is 0 Å². The Morgan fingerprint density at radius 3 is 2.65 bits per heavy atom. The molecule has 0 aliphatic heterocycles. The molecule has 1 aliphatic carbocycles. The molecule has 1 aliphatic rings. The van der Waals surface area contributed by atoms with Gasteiger partial charge in [0.1, 0.15) is 0 Å². The summed E-state index contributed by atoms with van der Waals surface area (Å²) in [6.07, 6.45) is 4.51. The van der Waals surface area contributed by atoms with Gasteiger partial charge in [0.25, 0.3) is 5.91 Å². The van der Waals surface area contributed by atoms with E-state index in [1.807, 2.05) is 0 Å². The van der Waals surface area contributed by atoms with Crippen molar-refractivity contribution in [3.8, 4) is 11.4 Å². The van der Waals surface area contributed by atoms with Gasteiger partial charge in [0.2, 0.25) is 5.82 Å². The molecule has 1 saturated carbocycles. The minimum Gasteiger partial charge on any atom is -0.270 e. The number of hydrogen-bond acceptors (Lipinski definition) is 5. The molecular formula is C13H15N5O2. The maximum Gasteiger partial charge on any atom is 0.274 e. The Labute approximate surface area is 115 Å². The van der Waals surface area contributed by atoms with Gasteiger partial charge in [0, 0.05) is 11.1 Å². The highest BCUT2D eigenvalue weighted by atomic mass is 16.7. The van der Waals surface area contributed by atoms with E-state index in [1.54, 1.807) is 24.3 Å². The first-order valence-electron chi connectivity index (χ1n) is 6.63. The van der Waals surface area contributed by atoms with Crippen LogP contribution in [0.25, 0.3) is 11.4 Å². The largest absolute Gasteiger partial charge is 0.274 e. The fourth-order valence-corrected chi connectivity index (χ4v) is 2.26. The van der Waals surface area contributed by atoms with Crippen LogP contribution in [0.1, 0.15) is 36.0 Å². The van der Waals surface area contributed by atoms with Crippen molar-refractivity contribution in [3.63, 3.8) is 0 Å². The molecule has 20 heavy (non-hydrogen) atoms. The molecule has 104 valence electrons. The predicted molar refractivity (Wildman–Crippen MR) is 70.4 cm³/mol. The standard InChI is InChI=1S/C13H15N5O2/c19-13(16-20-11-3-1-2-4-11)10-7-5-9(6-8-10)12-14-17-18-15-12/h5-8,11H,1-4H2,(H,16,19)(H,14,15,17,18). The zero-order valence-corrected chi connectivity index (χ0v) is 10.9. The third kappa shape index (κ3) is 2.83. The summed E-state index contributed by atoms with van der Waals surface area (Å²) in [5.74, 6) is 0.260. The van der Waals surface area contributed by atoms with Crippen LogP contribution in [0.5, 0.6) is 0 Å². The number of carbonyl (C=O) groups excluding carboxylic acids is 1. The number of rotatable bonds is 4.